The molecule has 0 aliphatic heterocycles. The molecule has 0 aliphatic rings. The number of phenols is 1. The third kappa shape index (κ3) is 28.3. The molecule has 1 unspecified atom stereocenters. The first-order valence-electron chi connectivity index (χ1n) is 24.3. The second-order valence-corrected chi connectivity index (χ2v) is 19.4. The predicted octanol–water partition coefficient (Wildman–Crippen LogP) is 16.3. The normalized spacial score (nSPS) is 12.4. The smallest absolute Gasteiger partial charge is 0.310 e. The SMILES string of the molecule is CCCCCCCCCCCCCCCCCCOCC(CSCCCCCCCCCCCCCCCC)OC(=O)Cc1cc(C(C)(C)C)c(O)c(C)c1C. The van der Waals surface area contributed by atoms with Crippen molar-refractivity contribution in [1.29, 1.82) is 0 Å². The van der Waals surface area contributed by atoms with Gasteiger partial charge in [-0.15, -0.1) is 0 Å². The van der Waals surface area contributed by atoms with Gasteiger partial charge >= 0.3 is 5.97 Å². The van der Waals surface area contributed by atoms with Gasteiger partial charge in [-0.1, -0.05) is 220 Å². The largest absolute Gasteiger partial charge is 0.507 e. The maximum absolute atomic E-state index is 13.3. The molecule has 0 saturated carbocycles. The number of unbranched alkanes of at least 4 members (excludes halogenated alkanes) is 28. The minimum Gasteiger partial charge on any atom is -0.507 e. The second kappa shape index (κ2) is 35.7. The highest BCUT2D eigenvalue weighted by atomic mass is 32.2. The van der Waals surface area contributed by atoms with E-state index in [1.807, 2.05) is 31.7 Å². The monoisotopic (exact) mass is 803 g/mol. The molecule has 0 radical (unpaired) electrons. The minimum atomic E-state index is -0.235. The van der Waals surface area contributed by atoms with Crippen LogP contribution in [0.2, 0.25) is 0 Å². The molecule has 5 heteroatoms. The Bertz CT molecular complexity index is 1060. The molecular weight excluding hydrogens is 709 g/mol. The number of ether oxygens (including phenoxy) is 2. The Morgan fingerprint density at radius 3 is 1.41 bits per heavy atom. The molecule has 0 bridgehead atoms. The maximum Gasteiger partial charge on any atom is 0.310 e. The lowest BCUT2D eigenvalue weighted by Crippen LogP contribution is -2.27. The first-order valence-corrected chi connectivity index (χ1v) is 25.4. The van der Waals surface area contributed by atoms with E-state index in [0.717, 1.165) is 46.8 Å². The molecule has 0 aromatic heterocycles. The van der Waals surface area contributed by atoms with E-state index in [1.165, 1.54) is 186 Å². The Morgan fingerprint density at radius 2 is 1.00 bits per heavy atom. The molecule has 0 aliphatic carbocycles. The molecule has 0 amide bonds. The highest BCUT2D eigenvalue weighted by Crippen LogP contribution is 2.36. The average Bonchev–Trinajstić information content (AvgIpc) is 3.16. The number of hydrogen-bond acceptors (Lipinski definition) is 5. The summed E-state index contributed by atoms with van der Waals surface area (Å²) in [7, 11) is 0. The van der Waals surface area contributed by atoms with Crippen molar-refractivity contribution in [3.05, 3.63) is 28.3 Å². The van der Waals surface area contributed by atoms with Gasteiger partial charge in [0, 0.05) is 12.4 Å². The molecule has 1 atom stereocenters. The quantitative estimate of drug-likeness (QED) is 0.0531. The first kappa shape index (κ1) is 52.8. The third-order valence-corrected chi connectivity index (χ3v) is 13.0. The third-order valence-electron chi connectivity index (χ3n) is 11.8. The van der Waals surface area contributed by atoms with Crippen LogP contribution in [0.4, 0.5) is 0 Å². The van der Waals surface area contributed by atoms with Crippen molar-refractivity contribution in [2.24, 2.45) is 0 Å². The van der Waals surface area contributed by atoms with E-state index in [4.69, 9.17) is 9.47 Å². The van der Waals surface area contributed by atoms with Gasteiger partial charge in [0.15, 0.2) is 0 Å². The molecule has 0 saturated heterocycles. The highest BCUT2D eigenvalue weighted by Gasteiger charge is 2.24. The lowest BCUT2D eigenvalue weighted by molar-refractivity contribution is -0.149. The van der Waals surface area contributed by atoms with Crippen LogP contribution in [-0.4, -0.2) is 41.9 Å². The number of hydrogen-bond donors (Lipinski definition) is 1. The van der Waals surface area contributed by atoms with Crippen LogP contribution >= 0.6 is 11.8 Å². The summed E-state index contributed by atoms with van der Waals surface area (Å²) >= 11 is 1.91. The summed E-state index contributed by atoms with van der Waals surface area (Å²) in [6.45, 7) is 16.0. The predicted molar refractivity (Wildman–Crippen MR) is 248 cm³/mol. The molecule has 1 aromatic rings. The van der Waals surface area contributed by atoms with Crippen LogP contribution in [0.15, 0.2) is 6.07 Å². The zero-order valence-corrected chi connectivity index (χ0v) is 39.3. The van der Waals surface area contributed by atoms with Crippen molar-refractivity contribution in [2.45, 2.75) is 259 Å². The van der Waals surface area contributed by atoms with Gasteiger partial charge in [-0.2, -0.15) is 11.8 Å². The lowest BCUT2D eigenvalue weighted by Gasteiger charge is -2.24. The van der Waals surface area contributed by atoms with Gasteiger partial charge in [0.25, 0.3) is 0 Å². The van der Waals surface area contributed by atoms with Crippen LogP contribution in [0.3, 0.4) is 0 Å². The maximum atomic E-state index is 13.3. The Kier molecular flexibility index (Phi) is 33.7. The van der Waals surface area contributed by atoms with Gasteiger partial charge in [0.2, 0.25) is 0 Å². The molecule has 328 valence electrons. The molecular formula is C51H94O4S. The van der Waals surface area contributed by atoms with E-state index in [0.29, 0.717) is 12.4 Å². The Hall–Kier alpha value is -1.20. The van der Waals surface area contributed by atoms with Crippen molar-refractivity contribution < 1.29 is 19.4 Å². The molecule has 1 rings (SSSR count). The van der Waals surface area contributed by atoms with Crippen molar-refractivity contribution in [2.75, 3.05) is 24.7 Å². The summed E-state index contributed by atoms with van der Waals surface area (Å²) in [5, 5.41) is 10.8. The molecule has 56 heavy (non-hydrogen) atoms. The van der Waals surface area contributed by atoms with Crippen molar-refractivity contribution in [3.63, 3.8) is 0 Å². The highest BCUT2D eigenvalue weighted by molar-refractivity contribution is 7.99. The zero-order chi connectivity index (χ0) is 41.1. The summed E-state index contributed by atoms with van der Waals surface area (Å²) in [5.74, 6) is 2.03. The van der Waals surface area contributed by atoms with Gasteiger partial charge in [0.05, 0.1) is 13.0 Å². The number of benzene rings is 1. The number of thioether (sulfide) groups is 1. The van der Waals surface area contributed by atoms with Crippen LogP contribution in [0.1, 0.15) is 249 Å². The van der Waals surface area contributed by atoms with Gasteiger partial charge in [-0.3, -0.25) is 4.79 Å². The van der Waals surface area contributed by atoms with Crippen LogP contribution in [0, 0.1) is 13.8 Å². The van der Waals surface area contributed by atoms with E-state index in [1.54, 1.807) is 0 Å². The summed E-state index contributed by atoms with van der Waals surface area (Å²) in [6, 6.07) is 2.01. The fourth-order valence-corrected chi connectivity index (χ4v) is 8.81. The summed E-state index contributed by atoms with van der Waals surface area (Å²) in [5.41, 5.74) is 3.43. The summed E-state index contributed by atoms with van der Waals surface area (Å²) in [4.78, 5) is 13.3. The Labute approximate surface area is 353 Å². The number of rotatable bonds is 39. The molecule has 1 aromatic carbocycles. The van der Waals surface area contributed by atoms with Crippen molar-refractivity contribution >= 4 is 17.7 Å². The second-order valence-electron chi connectivity index (χ2n) is 18.3. The van der Waals surface area contributed by atoms with Crippen molar-refractivity contribution in [3.8, 4) is 5.75 Å². The number of carbonyl (C=O) groups is 1. The number of phenolic OH excluding ortho intramolecular Hbond substituents is 1. The average molecular weight is 803 g/mol. The topological polar surface area (TPSA) is 55.8 Å². The summed E-state index contributed by atoms with van der Waals surface area (Å²) in [6.07, 6.45) is 41.1. The van der Waals surface area contributed by atoms with E-state index < -0.39 is 0 Å². The van der Waals surface area contributed by atoms with Crippen LogP contribution in [0.5, 0.6) is 5.75 Å². The zero-order valence-electron chi connectivity index (χ0n) is 38.5. The van der Waals surface area contributed by atoms with E-state index >= 15 is 0 Å². The van der Waals surface area contributed by atoms with Gasteiger partial charge in [0.1, 0.15) is 11.9 Å². The molecule has 4 nitrogen and oxygen atoms in total. The van der Waals surface area contributed by atoms with Crippen molar-refractivity contribution in [1.82, 2.24) is 0 Å². The fraction of sp³-hybridized carbons (Fsp3) is 0.863. The molecule has 0 fully saturated rings. The summed E-state index contributed by atoms with van der Waals surface area (Å²) < 4.78 is 12.3. The molecule has 0 heterocycles. The molecule has 0 spiro atoms. The van der Waals surface area contributed by atoms with E-state index in [-0.39, 0.29) is 23.9 Å². The fourth-order valence-electron chi connectivity index (χ4n) is 7.81. The van der Waals surface area contributed by atoms with Gasteiger partial charge < -0.3 is 14.6 Å². The van der Waals surface area contributed by atoms with Gasteiger partial charge in [-0.05, 0) is 60.1 Å². The number of carbonyl (C=O) groups excluding carboxylic acids is 1. The standard InChI is InChI=1S/C51H94O4S/c1-8-10-12-14-16-18-20-22-24-25-26-28-30-32-34-36-38-54-42-47(43-56-39-37-35-33-31-29-27-23-21-19-17-15-13-11-9-2)55-49(52)41-46-40-48(51(5,6)7)50(53)45(4)44(46)3/h40,47,53H,8-39,41-43H2,1-7H3. The lowest BCUT2D eigenvalue weighted by atomic mass is 9.82. The van der Waals surface area contributed by atoms with Crippen LogP contribution in [-0.2, 0) is 26.1 Å². The van der Waals surface area contributed by atoms with E-state index in [9.17, 15) is 9.90 Å². The van der Waals surface area contributed by atoms with E-state index in [2.05, 4.69) is 34.6 Å². The van der Waals surface area contributed by atoms with Crippen LogP contribution < -0.4 is 0 Å². The first-order chi connectivity index (χ1) is 27.1. The Balaban J connectivity index is 2.37. The Morgan fingerprint density at radius 1 is 0.607 bits per heavy atom. The minimum absolute atomic E-state index is 0.203. The molecule has 1 N–H and O–H groups in total. The number of aromatic hydroxyl groups is 1. The number of esters is 1. The van der Waals surface area contributed by atoms with Crippen LogP contribution in [0.25, 0.3) is 0 Å². The van der Waals surface area contributed by atoms with Gasteiger partial charge in [-0.25, -0.2) is 0 Å².